The van der Waals surface area contributed by atoms with Crippen molar-refractivity contribution in [3.05, 3.63) is 27.7 Å². The molecule has 0 heterocycles. The Hall–Kier alpha value is -1.01. The maximum Gasteiger partial charge on any atom is 0.101 e. The second kappa shape index (κ2) is 2.93. The molecule has 1 rings (SSSR count). The van der Waals surface area contributed by atoms with Gasteiger partial charge in [-0.1, -0.05) is 15.9 Å². The first-order valence-electron chi connectivity index (χ1n) is 3.11. The summed E-state index contributed by atoms with van der Waals surface area (Å²) >= 11 is 3.31. The summed E-state index contributed by atoms with van der Waals surface area (Å²) in [5, 5.41) is 8.58. The Bertz CT molecular complexity index is 326. The van der Waals surface area contributed by atoms with Crippen LogP contribution in [0.15, 0.2) is 16.6 Å². The van der Waals surface area contributed by atoms with Crippen molar-refractivity contribution in [2.45, 2.75) is 6.92 Å². The van der Waals surface area contributed by atoms with Gasteiger partial charge in [0, 0.05) is 10.2 Å². The van der Waals surface area contributed by atoms with Crippen LogP contribution in [0.3, 0.4) is 0 Å². The normalized spacial score (nSPS) is 9.18. The average Bonchev–Trinajstić information content (AvgIpc) is 1.97. The molecule has 1 aromatic carbocycles. The zero-order valence-corrected chi connectivity index (χ0v) is 7.64. The van der Waals surface area contributed by atoms with Gasteiger partial charge in [0.25, 0.3) is 0 Å². The summed E-state index contributed by atoms with van der Waals surface area (Å²) < 4.78 is 0.920. The summed E-state index contributed by atoms with van der Waals surface area (Å²) in [4.78, 5) is 0. The highest BCUT2D eigenvalue weighted by molar-refractivity contribution is 9.10. The van der Waals surface area contributed by atoms with E-state index in [1.165, 1.54) is 0 Å². The quantitative estimate of drug-likeness (QED) is 0.668. The highest BCUT2D eigenvalue weighted by Gasteiger charge is 2.01. The number of aryl methyl sites for hydroxylation is 1. The Morgan fingerprint density at radius 2 is 2.18 bits per heavy atom. The summed E-state index contributed by atoms with van der Waals surface area (Å²) in [7, 11) is 0. The van der Waals surface area contributed by atoms with Crippen molar-refractivity contribution >= 4 is 21.6 Å². The van der Waals surface area contributed by atoms with Crippen molar-refractivity contribution in [3.8, 4) is 6.07 Å². The van der Waals surface area contributed by atoms with Crippen LogP contribution in [-0.2, 0) is 0 Å². The lowest BCUT2D eigenvalue weighted by atomic mass is 10.1. The standard InChI is InChI=1S/C8H7BrN2/c1-5-2-8(11)6(4-10)3-7(5)9/h2-3H,11H2,1H3. The highest BCUT2D eigenvalue weighted by Crippen LogP contribution is 2.22. The minimum Gasteiger partial charge on any atom is -0.398 e. The molecular formula is C8H7BrN2. The summed E-state index contributed by atoms with van der Waals surface area (Å²) in [6.07, 6.45) is 0. The molecule has 0 amide bonds. The number of benzene rings is 1. The molecule has 56 valence electrons. The topological polar surface area (TPSA) is 49.8 Å². The summed E-state index contributed by atoms with van der Waals surface area (Å²) in [5.41, 5.74) is 7.65. The Morgan fingerprint density at radius 1 is 1.55 bits per heavy atom. The molecule has 0 aliphatic carbocycles. The van der Waals surface area contributed by atoms with Gasteiger partial charge in [0.15, 0.2) is 0 Å². The molecule has 0 saturated heterocycles. The van der Waals surface area contributed by atoms with E-state index in [0.717, 1.165) is 10.0 Å². The molecule has 2 nitrogen and oxygen atoms in total. The smallest absolute Gasteiger partial charge is 0.101 e. The molecule has 0 bridgehead atoms. The number of nitrogens with two attached hydrogens (primary N) is 1. The van der Waals surface area contributed by atoms with Gasteiger partial charge in [-0.2, -0.15) is 5.26 Å². The number of nitriles is 1. The van der Waals surface area contributed by atoms with Gasteiger partial charge in [0.05, 0.1) is 5.56 Å². The number of nitrogen functional groups attached to an aromatic ring is 1. The highest BCUT2D eigenvalue weighted by atomic mass is 79.9. The van der Waals surface area contributed by atoms with E-state index < -0.39 is 0 Å². The first-order chi connectivity index (χ1) is 5.15. The number of hydrogen-bond acceptors (Lipinski definition) is 2. The molecule has 2 N–H and O–H groups in total. The zero-order valence-electron chi connectivity index (χ0n) is 6.06. The van der Waals surface area contributed by atoms with E-state index in [0.29, 0.717) is 11.3 Å². The Kier molecular flexibility index (Phi) is 2.16. The minimum absolute atomic E-state index is 0.516. The lowest BCUT2D eigenvalue weighted by Crippen LogP contribution is -1.91. The molecule has 0 unspecified atom stereocenters. The molecule has 0 saturated carbocycles. The molecule has 0 atom stereocenters. The van der Waals surface area contributed by atoms with Gasteiger partial charge in [-0.05, 0) is 24.6 Å². The number of halogens is 1. The Labute approximate surface area is 73.8 Å². The summed E-state index contributed by atoms with van der Waals surface area (Å²) in [5.74, 6) is 0. The first-order valence-corrected chi connectivity index (χ1v) is 3.90. The van der Waals surface area contributed by atoms with Crippen LogP contribution in [-0.4, -0.2) is 0 Å². The van der Waals surface area contributed by atoms with E-state index in [9.17, 15) is 0 Å². The van der Waals surface area contributed by atoms with E-state index in [4.69, 9.17) is 11.0 Å². The number of rotatable bonds is 0. The summed E-state index contributed by atoms with van der Waals surface area (Å²) in [6, 6.07) is 5.52. The van der Waals surface area contributed by atoms with Crippen molar-refractivity contribution in [2.75, 3.05) is 5.73 Å². The molecule has 1 aromatic rings. The van der Waals surface area contributed by atoms with Crippen LogP contribution < -0.4 is 5.73 Å². The number of anilines is 1. The van der Waals surface area contributed by atoms with Crippen LogP contribution in [0, 0.1) is 18.3 Å². The number of nitrogens with zero attached hydrogens (tertiary/aromatic N) is 1. The van der Waals surface area contributed by atoms with Crippen molar-refractivity contribution in [3.63, 3.8) is 0 Å². The Morgan fingerprint density at radius 3 is 2.73 bits per heavy atom. The minimum atomic E-state index is 0.516. The molecule has 0 aromatic heterocycles. The van der Waals surface area contributed by atoms with Gasteiger partial charge in [-0.15, -0.1) is 0 Å². The van der Waals surface area contributed by atoms with Crippen LogP contribution in [0.2, 0.25) is 0 Å². The second-order valence-electron chi connectivity index (χ2n) is 2.30. The Balaban J connectivity index is 3.35. The largest absolute Gasteiger partial charge is 0.398 e. The van der Waals surface area contributed by atoms with E-state index >= 15 is 0 Å². The van der Waals surface area contributed by atoms with Crippen molar-refractivity contribution in [1.82, 2.24) is 0 Å². The van der Waals surface area contributed by atoms with Gasteiger partial charge in [0.2, 0.25) is 0 Å². The third-order valence-electron chi connectivity index (χ3n) is 1.45. The molecule has 0 aliphatic rings. The fraction of sp³-hybridized carbons (Fsp3) is 0.125. The van der Waals surface area contributed by atoms with E-state index in [1.54, 1.807) is 12.1 Å². The summed E-state index contributed by atoms with van der Waals surface area (Å²) in [6.45, 7) is 1.93. The van der Waals surface area contributed by atoms with Crippen LogP contribution in [0.4, 0.5) is 5.69 Å². The van der Waals surface area contributed by atoms with Gasteiger partial charge < -0.3 is 5.73 Å². The lowest BCUT2D eigenvalue weighted by molar-refractivity contribution is 1.40. The second-order valence-corrected chi connectivity index (χ2v) is 3.15. The molecule has 3 heteroatoms. The molecule has 0 spiro atoms. The molecule has 0 radical (unpaired) electrons. The third-order valence-corrected chi connectivity index (χ3v) is 2.31. The van der Waals surface area contributed by atoms with E-state index in [1.807, 2.05) is 13.0 Å². The van der Waals surface area contributed by atoms with Crippen LogP contribution in [0.25, 0.3) is 0 Å². The first kappa shape index (κ1) is 8.09. The third kappa shape index (κ3) is 1.52. The van der Waals surface area contributed by atoms with Crippen molar-refractivity contribution in [1.29, 1.82) is 5.26 Å². The van der Waals surface area contributed by atoms with Gasteiger partial charge >= 0.3 is 0 Å². The molecule has 0 aliphatic heterocycles. The molecule has 11 heavy (non-hydrogen) atoms. The number of hydrogen-bond donors (Lipinski definition) is 1. The van der Waals surface area contributed by atoms with Gasteiger partial charge in [-0.25, -0.2) is 0 Å². The van der Waals surface area contributed by atoms with E-state index in [-0.39, 0.29) is 0 Å². The molecular weight excluding hydrogens is 204 g/mol. The predicted molar refractivity (Wildman–Crippen MR) is 48.0 cm³/mol. The van der Waals surface area contributed by atoms with Crippen molar-refractivity contribution in [2.24, 2.45) is 0 Å². The van der Waals surface area contributed by atoms with Crippen LogP contribution >= 0.6 is 15.9 Å². The molecule has 0 fully saturated rings. The van der Waals surface area contributed by atoms with Crippen LogP contribution in [0.5, 0.6) is 0 Å². The van der Waals surface area contributed by atoms with Crippen molar-refractivity contribution < 1.29 is 0 Å². The van der Waals surface area contributed by atoms with Crippen LogP contribution in [0.1, 0.15) is 11.1 Å². The van der Waals surface area contributed by atoms with Gasteiger partial charge in [-0.3, -0.25) is 0 Å². The monoisotopic (exact) mass is 210 g/mol. The zero-order chi connectivity index (χ0) is 8.43. The maximum atomic E-state index is 8.58. The maximum absolute atomic E-state index is 8.58. The predicted octanol–water partition coefficient (Wildman–Crippen LogP) is 2.21. The fourth-order valence-corrected chi connectivity index (χ4v) is 1.14. The SMILES string of the molecule is Cc1cc(N)c(C#N)cc1Br. The lowest BCUT2D eigenvalue weighted by Gasteiger charge is -2.00. The average molecular weight is 211 g/mol. The van der Waals surface area contributed by atoms with E-state index in [2.05, 4.69) is 15.9 Å². The fourth-order valence-electron chi connectivity index (χ4n) is 0.801. The van der Waals surface area contributed by atoms with Gasteiger partial charge in [0.1, 0.15) is 6.07 Å².